The number of benzene rings is 1. The Kier molecular flexibility index (Phi) is 4.11. The van der Waals surface area contributed by atoms with Gasteiger partial charge in [-0.3, -0.25) is 0 Å². The fourth-order valence-electron chi connectivity index (χ4n) is 3.42. The molecular formula is C17H13BBr2F2N2O2. The lowest BCUT2D eigenvalue weighted by atomic mass is 9.86. The van der Waals surface area contributed by atoms with Crippen LogP contribution in [-0.2, 0) is 0 Å². The first-order valence-corrected chi connectivity index (χ1v) is 9.35. The van der Waals surface area contributed by atoms with E-state index in [1.807, 2.05) is 6.07 Å². The highest BCUT2D eigenvalue weighted by Crippen LogP contribution is 2.43. The first-order chi connectivity index (χ1) is 12.4. The molecule has 2 aliphatic heterocycles. The van der Waals surface area contributed by atoms with Crippen LogP contribution in [0, 0.1) is 0 Å². The molecule has 0 unspecified atom stereocenters. The van der Waals surface area contributed by atoms with Gasteiger partial charge in [0.2, 0.25) is 4.62 Å². The van der Waals surface area contributed by atoms with Gasteiger partial charge in [-0.05, 0) is 45.8 Å². The number of fused-ring (bicyclic) bond motifs is 2. The van der Waals surface area contributed by atoms with Crippen molar-refractivity contribution in [3.8, 4) is 11.5 Å². The van der Waals surface area contributed by atoms with E-state index in [-0.39, 0.29) is 0 Å². The van der Waals surface area contributed by atoms with Crippen LogP contribution in [0.4, 0.5) is 8.63 Å². The van der Waals surface area contributed by atoms with Crippen molar-refractivity contribution in [2.45, 2.75) is 0 Å². The molecular weight excluding hydrogens is 473 g/mol. The largest absolute Gasteiger partial charge is 0.738 e. The van der Waals surface area contributed by atoms with Crippen molar-refractivity contribution in [2.24, 2.45) is 0 Å². The zero-order chi connectivity index (χ0) is 18.6. The SMILES string of the molecule is COc1ccc(C2=C3C=CC(Br)=[N+]3[B-](F)(F)n3c(Br)ccc32)cc1OC. The van der Waals surface area contributed by atoms with E-state index in [1.54, 1.807) is 50.6 Å². The molecule has 0 bridgehead atoms. The van der Waals surface area contributed by atoms with E-state index in [1.165, 1.54) is 0 Å². The van der Waals surface area contributed by atoms with E-state index >= 15 is 8.63 Å². The van der Waals surface area contributed by atoms with Crippen molar-refractivity contribution in [1.82, 2.24) is 4.48 Å². The quantitative estimate of drug-likeness (QED) is 0.592. The minimum Gasteiger partial charge on any atom is -0.493 e. The molecule has 0 atom stereocenters. The summed E-state index contributed by atoms with van der Waals surface area (Å²) in [4.78, 5) is 0. The molecule has 0 N–H and O–H groups in total. The number of ether oxygens (including phenoxy) is 2. The van der Waals surface area contributed by atoms with Gasteiger partial charge in [0.05, 0.1) is 24.4 Å². The lowest BCUT2D eigenvalue weighted by Crippen LogP contribution is -2.50. The predicted molar refractivity (Wildman–Crippen MR) is 104 cm³/mol. The molecule has 26 heavy (non-hydrogen) atoms. The highest BCUT2D eigenvalue weighted by molar-refractivity contribution is 9.18. The topological polar surface area (TPSA) is 26.4 Å². The summed E-state index contributed by atoms with van der Waals surface area (Å²) in [5.41, 5.74) is 2.32. The first kappa shape index (κ1) is 17.5. The highest BCUT2D eigenvalue weighted by atomic mass is 79.9. The van der Waals surface area contributed by atoms with Gasteiger partial charge in [-0.1, -0.05) is 6.07 Å². The molecule has 2 aliphatic rings. The first-order valence-electron chi connectivity index (χ1n) is 7.76. The van der Waals surface area contributed by atoms with Gasteiger partial charge in [-0.15, -0.1) is 0 Å². The van der Waals surface area contributed by atoms with E-state index in [0.717, 1.165) is 14.5 Å². The molecule has 0 fully saturated rings. The summed E-state index contributed by atoms with van der Waals surface area (Å²) in [6.07, 6.45) is 3.32. The number of nitrogens with zero attached hydrogens (tertiary/aromatic N) is 2. The molecule has 1 aromatic heterocycles. The van der Waals surface area contributed by atoms with Crippen LogP contribution in [0.1, 0.15) is 11.3 Å². The van der Waals surface area contributed by atoms with Crippen molar-refractivity contribution in [3.63, 3.8) is 0 Å². The summed E-state index contributed by atoms with van der Waals surface area (Å²) in [6.45, 7) is -4.03. The average molecular weight is 486 g/mol. The maximum atomic E-state index is 15.2. The van der Waals surface area contributed by atoms with E-state index in [9.17, 15) is 0 Å². The average Bonchev–Trinajstić information content (AvgIpc) is 3.19. The number of allylic oxidation sites excluding steroid dienone is 2. The Morgan fingerprint density at radius 3 is 2.42 bits per heavy atom. The second kappa shape index (κ2) is 6.09. The summed E-state index contributed by atoms with van der Waals surface area (Å²) in [6, 6.07) is 8.72. The molecule has 4 rings (SSSR count). The summed E-state index contributed by atoms with van der Waals surface area (Å²) >= 11 is 6.51. The Morgan fingerprint density at radius 2 is 1.73 bits per heavy atom. The maximum Gasteiger partial charge on any atom is 0.738 e. The fourth-order valence-corrected chi connectivity index (χ4v) is 4.56. The summed E-state index contributed by atoms with van der Waals surface area (Å²) in [5, 5.41) is 0. The third-order valence-corrected chi connectivity index (χ3v) is 5.84. The second-order valence-corrected chi connectivity index (χ2v) is 7.48. The van der Waals surface area contributed by atoms with Crippen LogP contribution in [0.15, 0.2) is 52.8 Å². The van der Waals surface area contributed by atoms with Crippen molar-refractivity contribution in [3.05, 3.63) is 64.0 Å². The molecule has 0 spiro atoms. The van der Waals surface area contributed by atoms with Crippen molar-refractivity contribution in [2.75, 3.05) is 14.2 Å². The van der Waals surface area contributed by atoms with Crippen molar-refractivity contribution < 1.29 is 22.6 Å². The number of halogens is 4. The Morgan fingerprint density at radius 1 is 1.00 bits per heavy atom. The van der Waals surface area contributed by atoms with Gasteiger partial charge < -0.3 is 27.1 Å². The standard InChI is InChI=1S/C17H13BBr2F2N2O2/c1-25-13-6-3-10(9-14(13)26-2)17-11-4-7-15(19)23(11)18(21,22)24-12(17)5-8-16(24)20/h3-9H,1-2H3. The van der Waals surface area contributed by atoms with Crippen molar-refractivity contribution in [1.29, 1.82) is 0 Å². The lowest BCUT2D eigenvalue weighted by Gasteiger charge is -2.32. The van der Waals surface area contributed by atoms with E-state index in [0.29, 0.717) is 37.7 Å². The van der Waals surface area contributed by atoms with Crippen LogP contribution in [-0.4, -0.2) is 34.8 Å². The number of rotatable bonds is 3. The smallest absolute Gasteiger partial charge is 0.493 e. The predicted octanol–water partition coefficient (Wildman–Crippen LogP) is 4.64. The van der Waals surface area contributed by atoms with Gasteiger partial charge in [-0.2, -0.15) is 0 Å². The Hall–Kier alpha value is -1.87. The lowest BCUT2D eigenvalue weighted by molar-refractivity contribution is -0.358. The third-order valence-electron chi connectivity index (χ3n) is 4.54. The zero-order valence-corrected chi connectivity index (χ0v) is 17.0. The van der Waals surface area contributed by atoms with Gasteiger partial charge in [-0.25, -0.2) is 0 Å². The van der Waals surface area contributed by atoms with Gasteiger partial charge in [0.25, 0.3) is 0 Å². The molecule has 9 heteroatoms. The van der Waals surface area contributed by atoms with E-state index < -0.39 is 6.97 Å². The van der Waals surface area contributed by atoms with Crippen LogP contribution in [0.25, 0.3) is 5.57 Å². The molecule has 0 saturated carbocycles. The minimum absolute atomic E-state index is 0.321. The van der Waals surface area contributed by atoms with Gasteiger partial charge >= 0.3 is 6.97 Å². The normalized spacial score (nSPS) is 17.5. The molecule has 4 nitrogen and oxygen atoms in total. The number of hydrogen-bond acceptors (Lipinski definition) is 2. The molecule has 134 valence electrons. The molecule has 0 amide bonds. The van der Waals surface area contributed by atoms with Gasteiger partial charge in [0.15, 0.2) is 17.2 Å². The van der Waals surface area contributed by atoms with Crippen LogP contribution in [0.3, 0.4) is 0 Å². The van der Waals surface area contributed by atoms with Gasteiger partial charge in [0.1, 0.15) is 0 Å². The van der Waals surface area contributed by atoms with E-state index in [4.69, 9.17) is 9.47 Å². The fraction of sp³-hybridized carbons (Fsp3) is 0.118. The summed E-state index contributed by atoms with van der Waals surface area (Å²) in [5.74, 6) is 1.12. The monoisotopic (exact) mass is 484 g/mol. The van der Waals surface area contributed by atoms with Crippen LogP contribution < -0.4 is 9.47 Å². The highest BCUT2D eigenvalue weighted by Gasteiger charge is 2.54. The zero-order valence-electron chi connectivity index (χ0n) is 13.8. The second-order valence-electron chi connectivity index (χ2n) is 5.86. The molecule has 1 aromatic carbocycles. The Balaban J connectivity index is 2.04. The molecule has 0 radical (unpaired) electrons. The van der Waals surface area contributed by atoms with Crippen LogP contribution in [0.2, 0.25) is 0 Å². The van der Waals surface area contributed by atoms with Crippen molar-refractivity contribution >= 4 is 49.0 Å². The summed E-state index contributed by atoms with van der Waals surface area (Å²) < 4.78 is 43.8. The third kappa shape index (κ3) is 2.33. The van der Waals surface area contributed by atoms with Crippen LogP contribution in [0.5, 0.6) is 11.5 Å². The molecule has 0 aliphatic carbocycles. The molecule has 2 aromatic rings. The molecule has 3 heterocycles. The Labute approximate surface area is 165 Å². The number of aromatic nitrogens is 1. The summed E-state index contributed by atoms with van der Waals surface area (Å²) in [7, 11) is 3.10. The number of methoxy groups -OCH3 is 2. The minimum atomic E-state index is -4.03. The molecule has 0 saturated heterocycles. The van der Waals surface area contributed by atoms with Gasteiger partial charge in [0, 0.05) is 33.8 Å². The Bertz CT molecular complexity index is 1030. The van der Waals surface area contributed by atoms with E-state index in [2.05, 4.69) is 31.9 Å². The number of hydrogen-bond donors (Lipinski definition) is 0. The van der Waals surface area contributed by atoms with Crippen LogP contribution >= 0.6 is 31.9 Å². The maximum absolute atomic E-state index is 15.2.